The highest BCUT2D eigenvalue weighted by atomic mass is 35.5. The van der Waals surface area contributed by atoms with Gasteiger partial charge in [-0.15, -0.1) is 0 Å². The normalized spacial score (nSPS) is 27.9. The predicted molar refractivity (Wildman–Crippen MR) is 139 cm³/mol. The number of amides is 1. The van der Waals surface area contributed by atoms with Crippen LogP contribution in [0.15, 0.2) is 72.3 Å². The fraction of sp³-hybridized carbons (Fsp3) is 0.267. The Kier molecular flexibility index (Phi) is 4.85. The Balaban J connectivity index is 1.61. The number of hydrogen-bond donors (Lipinski definition) is 3. The molecule has 1 amide bonds. The lowest BCUT2D eigenvalue weighted by molar-refractivity contribution is -0.124. The number of nitrogens with one attached hydrogen (secondary N) is 1. The average Bonchev–Trinajstić information content (AvgIpc) is 3.30. The Morgan fingerprint density at radius 2 is 1.62 bits per heavy atom. The van der Waals surface area contributed by atoms with Crippen molar-refractivity contribution in [1.29, 1.82) is 0 Å². The van der Waals surface area contributed by atoms with Gasteiger partial charge in [-0.1, -0.05) is 66.9 Å². The van der Waals surface area contributed by atoms with Gasteiger partial charge in [0.05, 0.1) is 17.7 Å². The number of fused-ring (bicyclic) bond motifs is 7. The minimum absolute atomic E-state index is 0.101. The molecule has 2 aliphatic heterocycles. The van der Waals surface area contributed by atoms with Crippen molar-refractivity contribution in [1.82, 2.24) is 10.2 Å². The zero-order valence-electron chi connectivity index (χ0n) is 19.9. The molecule has 0 bridgehead atoms. The molecule has 0 aromatic heterocycles. The second-order valence-corrected chi connectivity index (χ2v) is 10.8. The number of ketones is 1. The number of nitrogens with zero attached hydrogens (tertiary/aromatic N) is 1. The molecule has 6 nitrogen and oxygen atoms in total. The summed E-state index contributed by atoms with van der Waals surface area (Å²) in [5.41, 5.74) is 1.54. The number of aromatic hydroxyl groups is 1. The van der Waals surface area contributed by atoms with Crippen LogP contribution in [0.25, 0.3) is 5.70 Å². The molecule has 1 saturated carbocycles. The third-order valence-electron chi connectivity index (χ3n) is 8.48. The van der Waals surface area contributed by atoms with Gasteiger partial charge in [0, 0.05) is 44.5 Å². The van der Waals surface area contributed by atoms with E-state index in [9.17, 15) is 19.8 Å². The van der Waals surface area contributed by atoms with Crippen LogP contribution in [0.4, 0.5) is 0 Å². The maximum atomic E-state index is 14.1. The van der Waals surface area contributed by atoms with Gasteiger partial charge in [-0.05, 0) is 37.1 Å². The van der Waals surface area contributed by atoms with Crippen LogP contribution >= 0.6 is 11.6 Å². The Morgan fingerprint density at radius 1 is 0.919 bits per heavy atom. The number of phenolic OH excluding ortho intramolecular Hbond substituents is 1. The molecular weight excluding hydrogens is 488 g/mol. The van der Waals surface area contributed by atoms with E-state index in [1.165, 1.54) is 6.07 Å². The maximum absolute atomic E-state index is 14.1. The molecule has 0 radical (unpaired) electrons. The van der Waals surface area contributed by atoms with Crippen LogP contribution in [-0.4, -0.2) is 38.9 Å². The summed E-state index contributed by atoms with van der Waals surface area (Å²) < 4.78 is 0. The number of rotatable bonds is 1. The van der Waals surface area contributed by atoms with Gasteiger partial charge < -0.3 is 20.4 Å². The van der Waals surface area contributed by atoms with Gasteiger partial charge in [-0.25, -0.2) is 0 Å². The van der Waals surface area contributed by atoms with Gasteiger partial charge in [0.2, 0.25) is 0 Å². The molecule has 2 heterocycles. The van der Waals surface area contributed by atoms with Gasteiger partial charge in [0.25, 0.3) is 5.91 Å². The van der Waals surface area contributed by atoms with E-state index in [1.54, 1.807) is 47.4 Å². The summed E-state index contributed by atoms with van der Waals surface area (Å²) >= 11 is 6.42. The largest absolute Gasteiger partial charge is 0.508 e. The fourth-order valence-corrected chi connectivity index (χ4v) is 7.12. The van der Waals surface area contributed by atoms with Crippen LogP contribution < -0.4 is 5.32 Å². The highest BCUT2D eigenvalue weighted by Gasteiger charge is 2.61. The lowest BCUT2D eigenvalue weighted by atomic mass is 9.74. The molecular formula is C30H25ClN2O4. The molecule has 0 saturated heterocycles. The summed E-state index contributed by atoms with van der Waals surface area (Å²) in [5.74, 6) is -1.68. The smallest absolute Gasteiger partial charge is 0.257 e. The van der Waals surface area contributed by atoms with Crippen LogP contribution in [-0.2, 0) is 5.72 Å². The first-order valence-corrected chi connectivity index (χ1v) is 13.1. The first-order valence-electron chi connectivity index (χ1n) is 12.7. The minimum atomic E-state index is -1.91. The molecule has 7 heteroatoms. The van der Waals surface area contributed by atoms with Crippen molar-refractivity contribution in [3.05, 3.63) is 105 Å². The Bertz CT molecular complexity index is 1530. The monoisotopic (exact) mass is 512 g/mol. The van der Waals surface area contributed by atoms with Crippen LogP contribution in [0.3, 0.4) is 0 Å². The molecule has 2 aliphatic carbocycles. The summed E-state index contributed by atoms with van der Waals surface area (Å²) in [4.78, 5) is 29.7. The molecule has 4 aliphatic rings. The van der Waals surface area contributed by atoms with Crippen molar-refractivity contribution in [3.8, 4) is 5.75 Å². The van der Waals surface area contributed by atoms with E-state index in [4.69, 9.17) is 11.6 Å². The van der Waals surface area contributed by atoms with E-state index in [-0.39, 0.29) is 29.5 Å². The molecule has 4 unspecified atom stereocenters. The summed E-state index contributed by atoms with van der Waals surface area (Å²) in [6.45, 7) is 0. The second-order valence-electron chi connectivity index (χ2n) is 10.3. The van der Waals surface area contributed by atoms with E-state index in [2.05, 4.69) is 5.32 Å². The standard InChI is InChI=1S/C30H25ClN2O4/c31-16-13-14-24(34)20(15-16)26-25-27(17-7-1-2-8-18(17)28(25)35)32-22-11-5-6-12-23(22)33-29(36)19-9-3-4-10-21(19)30(26,33)37/h1-4,7-10,13-15,22-23,26,32,34,37H,5-6,11-12H2. The average molecular weight is 513 g/mol. The van der Waals surface area contributed by atoms with E-state index < -0.39 is 11.6 Å². The van der Waals surface area contributed by atoms with E-state index in [0.29, 0.717) is 45.0 Å². The van der Waals surface area contributed by atoms with E-state index >= 15 is 0 Å². The molecule has 3 aromatic carbocycles. The number of Topliss-reactive ketones (excluding diaryl/α,β-unsaturated/α-hetero) is 1. The van der Waals surface area contributed by atoms with Crippen molar-refractivity contribution in [2.24, 2.45) is 0 Å². The lowest BCUT2D eigenvalue weighted by Crippen LogP contribution is -2.61. The maximum Gasteiger partial charge on any atom is 0.257 e. The van der Waals surface area contributed by atoms with Crippen LogP contribution in [0.1, 0.15) is 69.0 Å². The summed E-state index contributed by atoms with van der Waals surface area (Å²) in [7, 11) is 0. The van der Waals surface area contributed by atoms with E-state index in [0.717, 1.165) is 24.8 Å². The third kappa shape index (κ3) is 2.97. The number of aliphatic hydroxyl groups is 1. The number of benzene rings is 3. The molecule has 4 atom stereocenters. The Hall–Kier alpha value is -3.61. The van der Waals surface area contributed by atoms with Crippen LogP contribution in [0, 0.1) is 0 Å². The lowest BCUT2D eigenvalue weighted by Gasteiger charge is -2.50. The highest BCUT2D eigenvalue weighted by molar-refractivity contribution is 6.30. The quantitative estimate of drug-likeness (QED) is 0.429. The van der Waals surface area contributed by atoms with Gasteiger partial charge in [-0.2, -0.15) is 0 Å². The van der Waals surface area contributed by atoms with Gasteiger partial charge in [0.15, 0.2) is 11.5 Å². The zero-order chi connectivity index (χ0) is 25.5. The third-order valence-corrected chi connectivity index (χ3v) is 8.71. The first kappa shape index (κ1) is 22.6. The van der Waals surface area contributed by atoms with Crippen molar-refractivity contribution in [2.75, 3.05) is 0 Å². The number of halogens is 1. The number of carbonyl (C=O) groups is 2. The van der Waals surface area contributed by atoms with E-state index in [1.807, 2.05) is 18.2 Å². The number of phenols is 1. The summed E-state index contributed by atoms with van der Waals surface area (Å²) in [6.07, 6.45) is 3.43. The van der Waals surface area contributed by atoms with Gasteiger partial charge in [-0.3, -0.25) is 9.59 Å². The predicted octanol–water partition coefficient (Wildman–Crippen LogP) is 4.95. The first-order chi connectivity index (χ1) is 17.9. The van der Waals surface area contributed by atoms with Crippen LogP contribution in [0.5, 0.6) is 5.75 Å². The number of hydrogen-bond acceptors (Lipinski definition) is 5. The minimum Gasteiger partial charge on any atom is -0.508 e. The molecule has 3 aromatic rings. The molecule has 3 N–H and O–H groups in total. The molecule has 7 rings (SSSR count). The second kappa shape index (κ2) is 7.94. The van der Waals surface area contributed by atoms with Crippen molar-refractivity contribution in [2.45, 2.75) is 49.4 Å². The van der Waals surface area contributed by atoms with Crippen molar-refractivity contribution in [3.63, 3.8) is 0 Å². The molecule has 186 valence electrons. The fourth-order valence-electron chi connectivity index (χ4n) is 6.94. The summed E-state index contributed by atoms with van der Waals surface area (Å²) in [6, 6.07) is 18.6. The van der Waals surface area contributed by atoms with Gasteiger partial charge >= 0.3 is 0 Å². The molecule has 37 heavy (non-hydrogen) atoms. The highest BCUT2D eigenvalue weighted by Crippen LogP contribution is 2.57. The SMILES string of the molecule is O=C1C2=C(NC3CCCCC3N3C(=O)c4ccccc4C3(O)C2c2cc(Cl)ccc2O)c2ccccc21. The molecule has 1 fully saturated rings. The Labute approximate surface area is 219 Å². The summed E-state index contributed by atoms with van der Waals surface area (Å²) in [5, 5.41) is 28.1. The van der Waals surface area contributed by atoms with Gasteiger partial charge in [0.1, 0.15) is 5.75 Å². The Morgan fingerprint density at radius 3 is 2.43 bits per heavy atom. The van der Waals surface area contributed by atoms with Crippen LogP contribution in [0.2, 0.25) is 5.02 Å². The van der Waals surface area contributed by atoms with Crippen molar-refractivity contribution < 1.29 is 19.8 Å². The van der Waals surface area contributed by atoms with Crippen molar-refractivity contribution >= 4 is 29.0 Å². The number of carbonyl (C=O) groups excluding carboxylic acids is 2. The molecule has 0 spiro atoms. The topological polar surface area (TPSA) is 89.9 Å². The zero-order valence-corrected chi connectivity index (χ0v) is 20.7.